The molecule has 15 heavy (non-hydrogen) atoms. The van der Waals surface area contributed by atoms with Gasteiger partial charge in [-0.3, -0.25) is 4.79 Å². The van der Waals surface area contributed by atoms with Crippen molar-refractivity contribution in [3.8, 4) is 0 Å². The molecule has 2 heterocycles. The topological polar surface area (TPSA) is 41.6 Å². The van der Waals surface area contributed by atoms with Crippen LogP contribution >= 0.6 is 0 Å². The van der Waals surface area contributed by atoms with Gasteiger partial charge in [0.25, 0.3) is 0 Å². The number of nitrogens with zero attached hydrogens (tertiary/aromatic N) is 1. The molecule has 2 saturated heterocycles. The number of piperidine rings is 1. The predicted molar refractivity (Wildman–Crippen MR) is 57.6 cm³/mol. The van der Waals surface area contributed by atoms with Crippen molar-refractivity contribution >= 4 is 5.91 Å². The molecule has 4 nitrogen and oxygen atoms in total. The number of ether oxygens (including phenoxy) is 1. The van der Waals surface area contributed by atoms with Crippen molar-refractivity contribution in [2.45, 2.75) is 25.4 Å². The smallest absolute Gasteiger partial charge is 0.222 e. The van der Waals surface area contributed by atoms with Crippen LogP contribution in [0.5, 0.6) is 0 Å². The highest BCUT2D eigenvalue weighted by Gasteiger charge is 2.27. The van der Waals surface area contributed by atoms with Crippen LogP contribution in [0.15, 0.2) is 0 Å². The fourth-order valence-electron chi connectivity index (χ4n) is 2.30. The fraction of sp³-hybridized carbons (Fsp3) is 0.909. The van der Waals surface area contributed by atoms with Gasteiger partial charge in [0, 0.05) is 25.9 Å². The molecule has 0 aromatic carbocycles. The number of hydrogen-bond acceptors (Lipinski definition) is 3. The van der Waals surface area contributed by atoms with Gasteiger partial charge in [0.1, 0.15) is 0 Å². The van der Waals surface area contributed by atoms with Crippen LogP contribution in [0, 0.1) is 5.92 Å². The first-order chi connectivity index (χ1) is 7.25. The summed E-state index contributed by atoms with van der Waals surface area (Å²) in [7, 11) is 1.87. The second-order valence-electron chi connectivity index (χ2n) is 4.63. The van der Waals surface area contributed by atoms with E-state index in [1.54, 1.807) is 4.90 Å². The molecule has 1 amide bonds. The lowest BCUT2D eigenvalue weighted by Crippen LogP contribution is -2.33. The third-order valence-electron chi connectivity index (χ3n) is 3.27. The van der Waals surface area contributed by atoms with Crippen LogP contribution in [-0.2, 0) is 9.53 Å². The highest BCUT2D eigenvalue weighted by atomic mass is 16.5. The average Bonchev–Trinajstić information content (AvgIpc) is 2.57. The summed E-state index contributed by atoms with van der Waals surface area (Å²) in [5.41, 5.74) is 0. The number of hydrogen-bond donors (Lipinski definition) is 1. The molecule has 2 fully saturated rings. The van der Waals surface area contributed by atoms with Crippen molar-refractivity contribution in [3.63, 3.8) is 0 Å². The van der Waals surface area contributed by atoms with E-state index in [0.717, 1.165) is 39.1 Å². The van der Waals surface area contributed by atoms with Crippen LogP contribution in [0.25, 0.3) is 0 Å². The quantitative estimate of drug-likeness (QED) is 0.728. The number of rotatable bonds is 3. The van der Waals surface area contributed by atoms with Gasteiger partial charge in [-0.25, -0.2) is 0 Å². The molecule has 1 atom stereocenters. The maximum absolute atomic E-state index is 11.3. The lowest BCUT2D eigenvalue weighted by molar-refractivity contribution is -0.126. The Morgan fingerprint density at radius 1 is 1.47 bits per heavy atom. The summed E-state index contributed by atoms with van der Waals surface area (Å²) in [5.74, 6) is 0.672. The van der Waals surface area contributed by atoms with E-state index in [-0.39, 0.29) is 5.91 Å². The Balaban J connectivity index is 1.67. The highest BCUT2D eigenvalue weighted by molar-refractivity contribution is 5.78. The van der Waals surface area contributed by atoms with Gasteiger partial charge in [-0.2, -0.15) is 0 Å². The molecule has 0 bridgehead atoms. The van der Waals surface area contributed by atoms with Crippen molar-refractivity contribution in [1.82, 2.24) is 10.2 Å². The number of amides is 1. The number of carbonyl (C=O) groups excluding carboxylic acids is 1. The van der Waals surface area contributed by atoms with E-state index in [4.69, 9.17) is 4.74 Å². The second-order valence-corrected chi connectivity index (χ2v) is 4.63. The molecule has 0 radical (unpaired) electrons. The Labute approximate surface area is 91.0 Å². The zero-order valence-electron chi connectivity index (χ0n) is 9.37. The van der Waals surface area contributed by atoms with Crippen LogP contribution in [0.4, 0.5) is 0 Å². The van der Waals surface area contributed by atoms with Crippen LogP contribution in [0.3, 0.4) is 0 Å². The van der Waals surface area contributed by atoms with E-state index in [1.807, 2.05) is 7.05 Å². The molecular weight excluding hydrogens is 192 g/mol. The van der Waals surface area contributed by atoms with Crippen molar-refractivity contribution < 1.29 is 9.53 Å². The molecule has 1 N–H and O–H groups in total. The number of likely N-dealkylation sites (tertiary alicyclic amines) is 1. The van der Waals surface area contributed by atoms with Crippen LogP contribution < -0.4 is 5.32 Å². The van der Waals surface area contributed by atoms with E-state index in [9.17, 15) is 4.79 Å². The summed E-state index contributed by atoms with van der Waals surface area (Å²) in [6.07, 6.45) is 3.29. The molecule has 0 aromatic rings. The molecule has 0 saturated carbocycles. The Bertz CT molecular complexity index is 227. The SMILES string of the molecule is CN1CC(COC2CCNCC2)CC1=O. The lowest BCUT2D eigenvalue weighted by Gasteiger charge is -2.24. The maximum atomic E-state index is 11.3. The van der Waals surface area contributed by atoms with Crippen molar-refractivity contribution in [1.29, 1.82) is 0 Å². The van der Waals surface area contributed by atoms with Gasteiger partial charge < -0.3 is 15.0 Å². The van der Waals surface area contributed by atoms with Gasteiger partial charge in [0.15, 0.2) is 0 Å². The first-order valence-electron chi connectivity index (χ1n) is 5.82. The van der Waals surface area contributed by atoms with Gasteiger partial charge in [-0.1, -0.05) is 0 Å². The lowest BCUT2D eigenvalue weighted by atomic mass is 10.1. The predicted octanol–water partition coefficient (Wildman–Crippen LogP) is 0.233. The molecule has 0 aromatic heterocycles. The number of nitrogens with one attached hydrogen (secondary N) is 1. The monoisotopic (exact) mass is 212 g/mol. The Morgan fingerprint density at radius 3 is 2.80 bits per heavy atom. The van der Waals surface area contributed by atoms with Gasteiger partial charge in [-0.05, 0) is 25.9 Å². The molecule has 0 spiro atoms. The minimum Gasteiger partial charge on any atom is -0.378 e. The van der Waals surface area contributed by atoms with E-state index >= 15 is 0 Å². The standard InChI is InChI=1S/C11H20N2O2/c1-13-7-9(6-11(13)14)8-15-10-2-4-12-5-3-10/h9-10,12H,2-8H2,1H3. The molecule has 2 aliphatic heterocycles. The minimum absolute atomic E-state index is 0.258. The molecule has 1 unspecified atom stereocenters. The molecule has 0 aliphatic carbocycles. The largest absolute Gasteiger partial charge is 0.378 e. The normalized spacial score (nSPS) is 28.7. The van der Waals surface area contributed by atoms with Gasteiger partial charge >= 0.3 is 0 Å². The van der Waals surface area contributed by atoms with Crippen LogP contribution in [-0.4, -0.2) is 50.2 Å². The summed E-state index contributed by atoms with van der Waals surface area (Å²) in [4.78, 5) is 13.1. The van der Waals surface area contributed by atoms with Crippen molar-refractivity contribution in [2.75, 3.05) is 33.3 Å². The van der Waals surface area contributed by atoms with E-state index < -0.39 is 0 Å². The summed E-state index contributed by atoms with van der Waals surface area (Å²) in [6.45, 7) is 3.74. The second kappa shape index (κ2) is 4.94. The van der Waals surface area contributed by atoms with E-state index in [0.29, 0.717) is 18.4 Å². The molecular formula is C11H20N2O2. The summed E-state index contributed by atoms with van der Waals surface area (Å²) in [6, 6.07) is 0. The molecule has 2 rings (SSSR count). The first kappa shape index (κ1) is 10.9. The Morgan fingerprint density at radius 2 is 2.20 bits per heavy atom. The third kappa shape index (κ3) is 2.92. The Kier molecular flexibility index (Phi) is 3.59. The fourth-order valence-corrected chi connectivity index (χ4v) is 2.30. The van der Waals surface area contributed by atoms with Gasteiger partial charge in [0.05, 0.1) is 12.7 Å². The van der Waals surface area contributed by atoms with E-state index in [2.05, 4.69) is 5.32 Å². The molecule has 4 heteroatoms. The zero-order valence-corrected chi connectivity index (χ0v) is 9.37. The van der Waals surface area contributed by atoms with Crippen LogP contribution in [0.1, 0.15) is 19.3 Å². The van der Waals surface area contributed by atoms with Crippen molar-refractivity contribution in [3.05, 3.63) is 0 Å². The third-order valence-corrected chi connectivity index (χ3v) is 3.27. The minimum atomic E-state index is 0.258. The average molecular weight is 212 g/mol. The summed E-state index contributed by atoms with van der Waals surface area (Å²) < 4.78 is 5.84. The van der Waals surface area contributed by atoms with Gasteiger partial charge in [-0.15, -0.1) is 0 Å². The van der Waals surface area contributed by atoms with Crippen LogP contribution in [0.2, 0.25) is 0 Å². The van der Waals surface area contributed by atoms with Crippen molar-refractivity contribution in [2.24, 2.45) is 5.92 Å². The summed E-state index contributed by atoms with van der Waals surface area (Å²) >= 11 is 0. The molecule has 86 valence electrons. The van der Waals surface area contributed by atoms with E-state index in [1.165, 1.54) is 0 Å². The zero-order chi connectivity index (χ0) is 10.7. The van der Waals surface area contributed by atoms with Gasteiger partial charge in [0.2, 0.25) is 5.91 Å². The number of carbonyl (C=O) groups is 1. The Hall–Kier alpha value is -0.610. The maximum Gasteiger partial charge on any atom is 0.222 e. The first-order valence-corrected chi connectivity index (χ1v) is 5.82. The molecule has 2 aliphatic rings. The highest BCUT2D eigenvalue weighted by Crippen LogP contribution is 2.18. The summed E-state index contributed by atoms with van der Waals surface area (Å²) in [5, 5.41) is 3.31.